The summed E-state index contributed by atoms with van der Waals surface area (Å²) in [6.45, 7) is 4.88. The third-order valence-electron chi connectivity index (χ3n) is 4.55. The minimum absolute atomic E-state index is 0. The van der Waals surface area contributed by atoms with Crippen molar-refractivity contribution < 1.29 is 9.13 Å². The molecule has 2 rings (SSSR count). The molecule has 1 aliphatic rings. The number of nitrogens with two attached hydrogens (primary N) is 1. The minimum Gasteiger partial charge on any atom is -0.382 e. The number of aliphatic imine (C=N–C) groups is 1. The summed E-state index contributed by atoms with van der Waals surface area (Å²) in [5.41, 5.74) is 7.14. The predicted octanol–water partition coefficient (Wildman–Crippen LogP) is 3.59. The molecule has 0 bridgehead atoms. The van der Waals surface area contributed by atoms with Crippen LogP contribution in [-0.2, 0) is 10.2 Å². The van der Waals surface area contributed by atoms with Crippen molar-refractivity contribution in [2.45, 2.75) is 44.4 Å². The molecule has 0 aliphatic heterocycles. The van der Waals surface area contributed by atoms with Crippen molar-refractivity contribution in [2.75, 3.05) is 26.3 Å². The first-order valence-corrected chi connectivity index (χ1v) is 8.54. The van der Waals surface area contributed by atoms with Crippen molar-refractivity contribution >= 4 is 29.9 Å². The molecule has 1 aromatic rings. The molecule has 3 N–H and O–H groups in total. The number of nitrogens with one attached hydrogen (secondary N) is 1. The van der Waals surface area contributed by atoms with E-state index in [1.54, 1.807) is 0 Å². The second kappa shape index (κ2) is 10.9. The van der Waals surface area contributed by atoms with Gasteiger partial charge < -0.3 is 15.8 Å². The molecule has 1 fully saturated rings. The summed E-state index contributed by atoms with van der Waals surface area (Å²) in [6.07, 6.45) is 5.45. The number of hydrogen-bond donors (Lipinski definition) is 2. The van der Waals surface area contributed by atoms with Crippen LogP contribution < -0.4 is 11.1 Å². The Morgan fingerprint density at radius 3 is 2.58 bits per heavy atom. The van der Waals surface area contributed by atoms with Crippen molar-refractivity contribution in [1.29, 1.82) is 0 Å². The molecule has 0 aromatic heterocycles. The highest BCUT2D eigenvalue weighted by molar-refractivity contribution is 14.0. The topological polar surface area (TPSA) is 59.6 Å². The molecular weight excluding hydrogens is 420 g/mol. The molecule has 0 radical (unpaired) electrons. The molecule has 0 saturated heterocycles. The summed E-state index contributed by atoms with van der Waals surface area (Å²) in [5, 5.41) is 3.13. The van der Waals surface area contributed by atoms with Gasteiger partial charge in [-0.25, -0.2) is 4.39 Å². The van der Waals surface area contributed by atoms with E-state index < -0.39 is 0 Å². The summed E-state index contributed by atoms with van der Waals surface area (Å²) in [4.78, 5) is 4.54. The highest BCUT2D eigenvalue weighted by Gasteiger charge is 2.35. The van der Waals surface area contributed by atoms with Crippen LogP contribution in [0.1, 0.15) is 44.6 Å². The fraction of sp³-hybridized carbons (Fsp3) is 0.611. The van der Waals surface area contributed by atoms with Crippen molar-refractivity contribution in [3.05, 3.63) is 35.6 Å². The Morgan fingerprint density at radius 2 is 1.96 bits per heavy atom. The van der Waals surface area contributed by atoms with Crippen molar-refractivity contribution in [3.63, 3.8) is 0 Å². The molecule has 0 spiro atoms. The van der Waals surface area contributed by atoms with Crippen LogP contribution >= 0.6 is 24.0 Å². The van der Waals surface area contributed by atoms with Crippen LogP contribution in [0, 0.1) is 5.82 Å². The van der Waals surface area contributed by atoms with Gasteiger partial charge in [0.2, 0.25) is 0 Å². The smallest absolute Gasteiger partial charge is 0.188 e. The van der Waals surface area contributed by atoms with Crippen LogP contribution in [0.25, 0.3) is 0 Å². The standard InChI is InChI=1S/C18H28FN3O.HI/c1-2-23-13-5-12-21-17(20)22-14-18(10-3-4-11-18)15-6-8-16(19)9-7-15;/h6-9H,2-5,10-14H2,1H3,(H3,20,21,22);1H. The fourth-order valence-electron chi connectivity index (χ4n) is 3.22. The first kappa shape index (κ1) is 21.2. The molecule has 0 atom stereocenters. The average molecular weight is 449 g/mol. The van der Waals surface area contributed by atoms with E-state index in [1.165, 1.54) is 30.5 Å². The van der Waals surface area contributed by atoms with Gasteiger partial charge in [-0.15, -0.1) is 24.0 Å². The van der Waals surface area contributed by atoms with Crippen LogP contribution in [0.15, 0.2) is 29.3 Å². The molecule has 6 heteroatoms. The summed E-state index contributed by atoms with van der Waals surface area (Å²) in [5.74, 6) is 0.288. The van der Waals surface area contributed by atoms with Crippen LogP contribution in [0.4, 0.5) is 4.39 Å². The number of benzene rings is 1. The maximum Gasteiger partial charge on any atom is 0.188 e. The first-order chi connectivity index (χ1) is 11.2. The van der Waals surface area contributed by atoms with Crippen LogP contribution in [0.2, 0.25) is 0 Å². The summed E-state index contributed by atoms with van der Waals surface area (Å²) in [7, 11) is 0. The van der Waals surface area contributed by atoms with Gasteiger partial charge in [-0.1, -0.05) is 25.0 Å². The van der Waals surface area contributed by atoms with Crippen LogP contribution in [0.5, 0.6) is 0 Å². The van der Waals surface area contributed by atoms with Gasteiger partial charge in [0, 0.05) is 25.2 Å². The molecule has 1 aromatic carbocycles. The van der Waals surface area contributed by atoms with E-state index in [0.29, 0.717) is 12.5 Å². The molecule has 0 amide bonds. The van der Waals surface area contributed by atoms with Crippen molar-refractivity contribution in [2.24, 2.45) is 10.7 Å². The summed E-state index contributed by atoms with van der Waals surface area (Å²) in [6, 6.07) is 6.85. The maximum atomic E-state index is 13.2. The average Bonchev–Trinajstić information content (AvgIpc) is 3.03. The summed E-state index contributed by atoms with van der Waals surface area (Å²) < 4.78 is 18.5. The third kappa shape index (κ3) is 6.20. The van der Waals surface area contributed by atoms with E-state index in [1.807, 2.05) is 19.1 Å². The van der Waals surface area contributed by atoms with E-state index in [2.05, 4.69) is 10.3 Å². The van der Waals surface area contributed by atoms with E-state index >= 15 is 0 Å². The lowest BCUT2D eigenvalue weighted by molar-refractivity contribution is 0.145. The third-order valence-corrected chi connectivity index (χ3v) is 4.55. The van der Waals surface area contributed by atoms with Crippen molar-refractivity contribution in [3.8, 4) is 0 Å². The number of rotatable bonds is 8. The van der Waals surface area contributed by atoms with Gasteiger partial charge in [-0.3, -0.25) is 4.99 Å². The van der Waals surface area contributed by atoms with Gasteiger partial charge in [0.25, 0.3) is 0 Å². The number of hydrogen-bond acceptors (Lipinski definition) is 2. The van der Waals surface area contributed by atoms with Gasteiger partial charge in [0.15, 0.2) is 5.96 Å². The fourth-order valence-corrected chi connectivity index (χ4v) is 3.22. The zero-order valence-corrected chi connectivity index (χ0v) is 16.7. The SMILES string of the molecule is CCOCCCNC(N)=NCC1(c2ccc(F)cc2)CCCC1.I. The van der Waals surface area contributed by atoms with Gasteiger partial charge in [-0.05, 0) is 43.9 Å². The summed E-state index contributed by atoms with van der Waals surface area (Å²) >= 11 is 0. The Bertz CT molecular complexity index is 501. The second-order valence-electron chi connectivity index (χ2n) is 6.17. The first-order valence-electron chi connectivity index (χ1n) is 8.54. The molecule has 4 nitrogen and oxygen atoms in total. The van der Waals surface area contributed by atoms with E-state index in [9.17, 15) is 4.39 Å². The Balaban J connectivity index is 0.00000288. The largest absolute Gasteiger partial charge is 0.382 e. The molecule has 24 heavy (non-hydrogen) atoms. The molecular formula is C18H29FIN3O. The monoisotopic (exact) mass is 449 g/mol. The van der Waals surface area contributed by atoms with Gasteiger partial charge in [0.05, 0.1) is 6.54 Å². The number of ether oxygens (including phenoxy) is 1. The van der Waals surface area contributed by atoms with Crippen LogP contribution in [-0.4, -0.2) is 32.3 Å². The number of guanidine groups is 1. The molecule has 1 saturated carbocycles. The Labute approximate surface area is 161 Å². The van der Waals surface area contributed by atoms with E-state index in [4.69, 9.17) is 10.5 Å². The van der Waals surface area contributed by atoms with Crippen LogP contribution in [0.3, 0.4) is 0 Å². The van der Waals surface area contributed by atoms with E-state index in [-0.39, 0.29) is 35.2 Å². The number of nitrogens with zero attached hydrogens (tertiary/aromatic N) is 1. The zero-order chi connectivity index (χ0) is 16.5. The van der Waals surface area contributed by atoms with E-state index in [0.717, 1.165) is 39.0 Å². The highest BCUT2D eigenvalue weighted by atomic mass is 127. The van der Waals surface area contributed by atoms with Gasteiger partial charge >= 0.3 is 0 Å². The zero-order valence-electron chi connectivity index (χ0n) is 14.4. The Kier molecular flexibility index (Phi) is 9.58. The molecule has 0 unspecified atom stereocenters. The second-order valence-corrected chi connectivity index (χ2v) is 6.17. The van der Waals surface area contributed by atoms with Crippen molar-refractivity contribution in [1.82, 2.24) is 5.32 Å². The Hall–Kier alpha value is -0.890. The molecule has 136 valence electrons. The lowest BCUT2D eigenvalue weighted by atomic mass is 9.79. The lowest BCUT2D eigenvalue weighted by Gasteiger charge is -2.28. The predicted molar refractivity (Wildman–Crippen MR) is 108 cm³/mol. The molecule has 1 aliphatic carbocycles. The highest BCUT2D eigenvalue weighted by Crippen LogP contribution is 2.41. The van der Waals surface area contributed by atoms with Gasteiger partial charge in [0.1, 0.15) is 5.82 Å². The minimum atomic E-state index is -0.194. The normalized spacial score (nSPS) is 16.7. The lowest BCUT2D eigenvalue weighted by Crippen LogP contribution is -2.35. The maximum absolute atomic E-state index is 13.2. The van der Waals surface area contributed by atoms with Gasteiger partial charge in [-0.2, -0.15) is 0 Å². The quantitative estimate of drug-likeness (QED) is 0.276. The molecule has 0 heterocycles. The number of halogens is 2. The Morgan fingerprint density at radius 1 is 1.29 bits per heavy atom.